The molecular formula is C39H40N6O8. The number of amides is 4. The molecule has 5 aromatic rings. The van der Waals surface area contributed by atoms with Gasteiger partial charge in [-0.3, -0.25) is 4.79 Å². The topological polar surface area (TPSA) is 192 Å². The summed E-state index contributed by atoms with van der Waals surface area (Å²) in [6.45, 7) is 1.56. The summed E-state index contributed by atoms with van der Waals surface area (Å²) in [6.07, 6.45) is -0.717. The normalized spacial score (nSPS) is 11.9. The number of carboxylic acid groups (broad SMARTS) is 1. The maximum absolute atomic E-state index is 13.9. The van der Waals surface area contributed by atoms with Gasteiger partial charge in [0.05, 0.1) is 24.2 Å². The number of alkyl carbamates (subject to hydrolysis) is 1. The number of carboxylic acids is 1. The Hall–Kier alpha value is -6.70. The molecule has 1 heterocycles. The van der Waals surface area contributed by atoms with Crippen molar-refractivity contribution in [2.24, 2.45) is 0 Å². The molecule has 0 saturated carbocycles. The van der Waals surface area contributed by atoms with E-state index in [-0.39, 0.29) is 38.3 Å². The van der Waals surface area contributed by atoms with Crippen molar-refractivity contribution in [1.82, 2.24) is 30.8 Å². The highest BCUT2D eigenvalue weighted by Gasteiger charge is 2.27. The Kier molecular flexibility index (Phi) is 13.1. The van der Waals surface area contributed by atoms with Gasteiger partial charge in [0.25, 0.3) is 5.91 Å². The molecule has 0 fully saturated rings. The van der Waals surface area contributed by atoms with E-state index in [0.29, 0.717) is 11.4 Å². The summed E-state index contributed by atoms with van der Waals surface area (Å²) < 4.78 is 10.4. The van der Waals surface area contributed by atoms with Gasteiger partial charge in [-0.25, -0.2) is 24.2 Å². The van der Waals surface area contributed by atoms with Gasteiger partial charge in [0.2, 0.25) is 0 Å². The SMILES string of the molecule is CCOC(=O)[C@H](Cc1ccccc1)NC(=O)N(Cc1ccc(C(=O)NCC(NC(=O)OCc2ccccc2)C(=O)O)cc1)Cc1nc2ccccc2[nH]1. The number of fused-ring (bicyclic) bond motifs is 1. The van der Waals surface area contributed by atoms with Crippen LogP contribution in [0, 0.1) is 0 Å². The van der Waals surface area contributed by atoms with Crippen LogP contribution in [0.25, 0.3) is 11.0 Å². The number of aromatic nitrogens is 2. The standard InChI is InChI=1S/C39H40N6O8/c1-2-52-37(49)32(21-26-11-5-3-6-12-26)43-38(50)45(24-34-41-30-15-9-10-16-31(30)42-34)23-27-17-19-29(20-18-27)35(46)40-22-33(36(47)48)44-39(51)53-25-28-13-7-4-8-14-28/h3-20,32-33H,2,21-25H2,1H3,(H,40,46)(H,41,42)(H,43,50)(H,44,51)(H,47,48)/t32-,33?/m0/s1. The van der Waals surface area contributed by atoms with Gasteiger partial charge in [-0.15, -0.1) is 0 Å². The second kappa shape index (κ2) is 18.5. The smallest absolute Gasteiger partial charge is 0.408 e. The molecule has 0 aliphatic rings. The Balaban J connectivity index is 1.24. The summed E-state index contributed by atoms with van der Waals surface area (Å²) in [6, 6.07) is 29.1. The molecule has 4 aromatic carbocycles. The third-order valence-corrected chi connectivity index (χ3v) is 8.08. The lowest BCUT2D eigenvalue weighted by Crippen LogP contribution is -2.49. The van der Waals surface area contributed by atoms with E-state index < -0.39 is 48.6 Å². The third kappa shape index (κ3) is 11.1. The summed E-state index contributed by atoms with van der Waals surface area (Å²) in [5.41, 5.74) is 4.00. The summed E-state index contributed by atoms with van der Waals surface area (Å²) in [5, 5.41) is 17.2. The van der Waals surface area contributed by atoms with E-state index in [1.54, 1.807) is 43.3 Å². The fourth-order valence-corrected chi connectivity index (χ4v) is 5.37. The number of urea groups is 1. The van der Waals surface area contributed by atoms with Crippen LogP contribution in [0.5, 0.6) is 0 Å². The number of aromatic amines is 1. The molecule has 2 atom stereocenters. The zero-order valence-corrected chi connectivity index (χ0v) is 29.0. The van der Waals surface area contributed by atoms with E-state index in [1.165, 1.54) is 17.0 Å². The summed E-state index contributed by atoms with van der Waals surface area (Å²) in [5.74, 6) is -1.96. The quantitative estimate of drug-likeness (QED) is 0.0910. The molecule has 14 nitrogen and oxygen atoms in total. The van der Waals surface area contributed by atoms with Gasteiger partial charge in [-0.05, 0) is 47.9 Å². The molecule has 1 aromatic heterocycles. The van der Waals surface area contributed by atoms with Gasteiger partial charge >= 0.3 is 24.1 Å². The maximum atomic E-state index is 13.9. The van der Waals surface area contributed by atoms with E-state index in [9.17, 15) is 29.1 Å². The molecule has 0 aliphatic carbocycles. The third-order valence-electron chi connectivity index (χ3n) is 8.08. The first-order chi connectivity index (χ1) is 25.7. The van der Waals surface area contributed by atoms with Crippen LogP contribution < -0.4 is 16.0 Å². The fraction of sp³-hybridized carbons (Fsp3) is 0.231. The Morgan fingerprint density at radius 3 is 2.08 bits per heavy atom. The summed E-state index contributed by atoms with van der Waals surface area (Å²) in [7, 11) is 0. The van der Waals surface area contributed by atoms with Crippen molar-refractivity contribution < 1.29 is 38.6 Å². The molecule has 4 amide bonds. The van der Waals surface area contributed by atoms with Crippen LogP contribution in [0.1, 0.15) is 39.8 Å². The summed E-state index contributed by atoms with van der Waals surface area (Å²) >= 11 is 0. The molecule has 5 rings (SSSR count). The highest BCUT2D eigenvalue weighted by molar-refractivity contribution is 5.94. The van der Waals surface area contributed by atoms with Gasteiger partial charge in [-0.2, -0.15) is 0 Å². The Morgan fingerprint density at radius 1 is 0.755 bits per heavy atom. The first-order valence-corrected chi connectivity index (χ1v) is 16.9. The van der Waals surface area contributed by atoms with Crippen molar-refractivity contribution in [1.29, 1.82) is 0 Å². The number of ether oxygens (including phenoxy) is 2. The lowest BCUT2D eigenvalue weighted by Gasteiger charge is -2.25. The Morgan fingerprint density at radius 2 is 1.42 bits per heavy atom. The van der Waals surface area contributed by atoms with Gasteiger partial charge < -0.3 is 40.4 Å². The van der Waals surface area contributed by atoms with Gasteiger partial charge in [0.1, 0.15) is 24.5 Å². The van der Waals surface area contributed by atoms with Crippen molar-refractivity contribution in [3.05, 3.63) is 137 Å². The number of hydrogen-bond donors (Lipinski definition) is 5. The highest BCUT2D eigenvalue weighted by Crippen LogP contribution is 2.16. The molecule has 53 heavy (non-hydrogen) atoms. The second-order valence-corrected chi connectivity index (χ2v) is 12.0. The van der Waals surface area contributed by atoms with E-state index in [1.807, 2.05) is 60.7 Å². The molecule has 0 spiro atoms. The predicted octanol–water partition coefficient (Wildman–Crippen LogP) is 4.56. The van der Waals surface area contributed by atoms with E-state index in [4.69, 9.17) is 9.47 Å². The van der Waals surface area contributed by atoms with E-state index >= 15 is 0 Å². The highest BCUT2D eigenvalue weighted by atomic mass is 16.5. The van der Waals surface area contributed by atoms with Crippen molar-refractivity contribution in [2.75, 3.05) is 13.2 Å². The molecule has 0 bridgehead atoms. The number of carbonyl (C=O) groups is 5. The van der Waals surface area contributed by atoms with Gasteiger partial charge in [0.15, 0.2) is 0 Å². The molecule has 14 heteroatoms. The lowest BCUT2D eigenvalue weighted by molar-refractivity contribution is -0.145. The van der Waals surface area contributed by atoms with Crippen LogP contribution in [0.3, 0.4) is 0 Å². The number of imidazole rings is 1. The van der Waals surface area contributed by atoms with Crippen molar-refractivity contribution in [2.45, 2.75) is 45.1 Å². The van der Waals surface area contributed by atoms with Crippen molar-refractivity contribution >= 4 is 41.0 Å². The average Bonchev–Trinajstić information content (AvgIpc) is 3.58. The zero-order chi connectivity index (χ0) is 37.6. The Labute approximate surface area is 305 Å². The van der Waals surface area contributed by atoms with Crippen LogP contribution >= 0.6 is 0 Å². The van der Waals surface area contributed by atoms with Crippen molar-refractivity contribution in [3.8, 4) is 0 Å². The average molecular weight is 721 g/mol. The van der Waals surface area contributed by atoms with Crippen LogP contribution in [0.2, 0.25) is 0 Å². The van der Waals surface area contributed by atoms with E-state index in [2.05, 4.69) is 25.9 Å². The van der Waals surface area contributed by atoms with Crippen molar-refractivity contribution in [3.63, 3.8) is 0 Å². The maximum Gasteiger partial charge on any atom is 0.408 e. The molecule has 0 aliphatic heterocycles. The molecule has 0 saturated heterocycles. The van der Waals surface area contributed by atoms with Crippen LogP contribution in [-0.2, 0) is 45.2 Å². The minimum absolute atomic E-state index is 0.0469. The van der Waals surface area contributed by atoms with Gasteiger partial charge in [0, 0.05) is 25.1 Å². The zero-order valence-electron chi connectivity index (χ0n) is 29.0. The molecular weight excluding hydrogens is 680 g/mol. The first kappa shape index (κ1) is 37.6. The first-order valence-electron chi connectivity index (χ1n) is 16.9. The molecule has 1 unspecified atom stereocenters. The molecule has 5 N–H and O–H groups in total. The van der Waals surface area contributed by atoms with Crippen LogP contribution in [0.15, 0.2) is 109 Å². The Bertz CT molecular complexity index is 1970. The molecule has 274 valence electrons. The number of nitrogens with zero attached hydrogens (tertiary/aromatic N) is 2. The minimum Gasteiger partial charge on any atom is -0.480 e. The largest absolute Gasteiger partial charge is 0.480 e. The predicted molar refractivity (Wildman–Crippen MR) is 194 cm³/mol. The molecule has 0 radical (unpaired) electrons. The van der Waals surface area contributed by atoms with Crippen LogP contribution in [0.4, 0.5) is 9.59 Å². The fourth-order valence-electron chi connectivity index (χ4n) is 5.37. The van der Waals surface area contributed by atoms with Crippen LogP contribution in [-0.4, -0.2) is 75.2 Å². The lowest BCUT2D eigenvalue weighted by atomic mass is 10.1. The van der Waals surface area contributed by atoms with E-state index in [0.717, 1.165) is 22.2 Å². The number of esters is 1. The number of para-hydroxylation sites is 2. The monoisotopic (exact) mass is 720 g/mol. The summed E-state index contributed by atoms with van der Waals surface area (Å²) in [4.78, 5) is 73.1. The van der Waals surface area contributed by atoms with Gasteiger partial charge in [-0.1, -0.05) is 84.9 Å². The number of carbonyl (C=O) groups excluding carboxylic acids is 4. The number of H-pyrrole nitrogens is 1. The second-order valence-electron chi connectivity index (χ2n) is 12.0. The number of aliphatic carboxylic acids is 1. The number of rotatable bonds is 16. The number of nitrogens with one attached hydrogen (secondary N) is 4. The minimum atomic E-state index is -1.44. The number of hydrogen-bond acceptors (Lipinski definition) is 8. The number of benzene rings is 4.